The van der Waals surface area contributed by atoms with Crippen LogP contribution in [0, 0.1) is 5.92 Å². The smallest absolute Gasteiger partial charge is 0.410 e. The molecule has 21 heavy (non-hydrogen) atoms. The van der Waals surface area contributed by atoms with E-state index < -0.39 is 5.60 Å². The van der Waals surface area contributed by atoms with Gasteiger partial charge in [0.1, 0.15) is 5.60 Å². The van der Waals surface area contributed by atoms with E-state index in [0.29, 0.717) is 12.0 Å². The normalized spacial score (nSPS) is 21.5. The Morgan fingerprint density at radius 1 is 1.43 bits per heavy atom. The lowest BCUT2D eigenvalue weighted by molar-refractivity contribution is 0.0166. The van der Waals surface area contributed by atoms with E-state index in [9.17, 15) is 4.79 Å². The van der Waals surface area contributed by atoms with Gasteiger partial charge >= 0.3 is 6.09 Å². The molecule has 1 N–H and O–H groups in total. The Balaban J connectivity index is 2.33. The number of hydrogen-bond acceptors (Lipinski definition) is 4. The number of rotatable bonds is 5. The predicted molar refractivity (Wildman–Crippen MR) is 86.5 cm³/mol. The summed E-state index contributed by atoms with van der Waals surface area (Å²) in [7, 11) is 4.19. The first-order chi connectivity index (χ1) is 9.69. The molecule has 2 atom stereocenters. The van der Waals surface area contributed by atoms with E-state index in [1.165, 1.54) is 6.42 Å². The van der Waals surface area contributed by atoms with Crippen LogP contribution in [0.25, 0.3) is 0 Å². The number of nitrogens with one attached hydrogen (secondary N) is 1. The third-order valence-corrected chi connectivity index (χ3v) is 3.92. The Hall–Kier alpha value is -0.810. The van der Waals surface area contributed by atoms with Crippen LogP contribution in [0.3, 0.4) is 0 Å². The molecule has 0 saturated carbocycles. The molecular weight excluding hydrogens is 266 g/mol. The molecule has 1 aliphatic rings. The van der Waals surface area contributed by atoms with Crippen LogP contribution in [0.1, 0.15) is 40.5 Å². The maximum Gasteiger partial charge on any atom is 0.410 e. The zero-order chi connectivity index (χ0) is 16.0. The number of ether oxygens (including phenoxy) is 1. The van der Waals surface area contributed by atoms with E-state index in [1.54, 1.807) is 0 Å². The van der Waals surface area contributed by atoms with Gasteiger partial charge in [-0.3, -0.25) is 0 Å². The number of likely N-dealkylation sites (tertiary alicyclic amines) is 1. The van der Waals surface area contributed by atoms with Crippen molar-refractivity contribution in [3.63, 3.8) is 0 Å². The summed E-state index contributed by atoms with van der Waals surface area (Å²) in [6, 6.07) is 0.524. The average Bonchev–Trinajstić information content (AvgIpc) is 2.36. The van der Waals surface area contributed by atoms with E-state index in [0.717, 1.165) is 32.6 Å². The number of carbonyl (C=O) groups excluding carboxylic acids is 1. The monoisotopic (exact) mass is 299 g/mol. The minimum Gasteiger partial charge on any atom is -0.444 e. The summed E-state index contributed by atoms with van der Waals surface area (Å²) in [5.74, 6) is 0.528. The van der Waals surface area contributed by atoms with Crippen LogP contribution in [0.15, 0.2) is 0 Å². The molecule has 1 aliphatic heterocycles. The summed E-state index contributed by atoms with van der Waals surface area (Å²) >= 11 is 0. The van der Waals surface area contributed by atoms with Crippen molar-refractivity contribution in [2.75, 3.05) is 40.3 Å². The largest absolute Gasteiger partial charge is 0.444 e. The molecule has 1 saturated heterocycles. The third-order valence-electron chi connectivity index (χ3n) is 3.92. The van der Waals surface area contributed by atoms with Crippen molar-refractivity contribution in [2.24, 2.45) is 5.92 Å². The summed E-state index contributed by atoms with van der Waals surface area (Å²) in [5.41, 5.74) is -0.413. The molecule has 0 bridgehead atoms. The van der Waals surface area contributed by atoms with Crippen LogP contribution >= 0.6 is 0 Å². The van der Waals surface area contributed by atoms with Crippen LogP contribution in [0.5, 0.6) is 0 Å². The zero-order valence-electron chi connectivity index (χ0n) is 14.6. The number of hydrogen-bond donors (Lipinski definition) is 1. The molecule has 1 rings (SSSR count). The van der Waals surface area contributed by atoms with Gasteiger partial charge in [0.2, 0.25) is 0 Å². The molecule has 5 nitrogen and oxygen atoms in total. The molecule has 0 spiro atoms. The Bertz CT molecular complexity index is 326. The molecule has 5 heteroatoms. The summed E-state index contributed by atoms with van der Waals surface area (Å²) in [6.07, 6.45) is 2.08. The fourth-order valence-electron chi connectivity index (χ4n) is 2.40. The molecular formula is C16H33N3O2. The van der Waals surface area contributed by atoms with Gasteiger partial charge < -0.3 is 19.9 Å². The maximum atomic E-state index is 12.1. The number of nitrogens with zero attached hydrogens (tertiary/aromatic N) is 2. The Morgan fingerprint density at radius 2 is 2.10 bits per heavy atom. The second-order valence-electron chi connectivity index (χ2n) is 7.41. The highest BCUT2D eigenvalue weighted by atomic mass is 16.6. The average molecular weight is 299 g/mol. The minimum absolute atomic E-state index is 0.172. The van der Waals surface area contributed by atoms with E-state index >= 15 is 0 Å². The summed E-state index contributed by atoms with van der Waals surface area (Å²) in [5, 5.41) is 3.52. The second kappa shape index (κ2) is 7.99. The molecule has 0 aliphatic carbocycles. The zero-order valence-corrected chi connectivity index (χ0v) is 14.6. The van der Waals surface area contributed by atoms with Crippen molar-refractivity contribution < 1.29 is 9.53 Å². The van der Waals surface area contributed by atoms with Crippen LogP contribution in [0.2, 0.25) is 0 Å². The van der Waals surface area contributed by atoms with E-state index in [-0.39, 0.29) is 6.09 Å². The van der Waals surface area contributed by atoms with Crippen LogP contribution in [0.4, 0.5) is 4.79 Å². The van der Waals surface area contributed by atoms with Crippen molar-refractivity contribution >= 4 is 6.09 Å². The quantitative estimate of drug-likeness (QED) is 0.845. The lowest BCUT2D eigenvalue weighted by atomic mass is 9.98. The Labute approximate surface area is 130 Å². The van der Waals surface area contributed by atoms with E-state index in [4.69, 9.17) is 4.74 Å². The molecule has 0 aromatic rings. The number of carbonyl (C=O) groups is 1. The number of piperidine rings is 1. The van der Waals surface area contributed by atoms with Gasteiger partial charge in [0, 0.05) is 25.7 Å². The first-order valence-electron chi connectivity index (χ1n) is 8.04. The summed E-state index contributed by atoms with van der Waals surface area (Å²) in [6.45, 7) is 11.5. The van der Waals surface area contributed by atoms with E-state index in [1.807, 2.05) is 25.7 Å². The highest BCUT2D eigenvalue weighted by Gasteiger charge is 2.27. The highest BCUT2D eigenvalue weighted by molar-refractivity contribution is 5.68. The number of amides is 1. The molecule has 0 aromatic carbocycles. The molecule has 2 unspecified atom stereocenters. The fraction of sp³-hybridized carbons (Fsp3) is 0.938. The van der Waals surface area contributed by atoms with Crippen molar-refractivity contribution in [3.8, 4) is 0 Å². The summed E-state index contributed by atoms with van der Waals surface area (Å²) in [4.78, 5) is 16.2. The standard InChI is InChI=1S/C16H33N3O2/c1-13(18(5)6)10-17-11-14-8-7-9-19(12-14)15(20)21-16(2,3)4/h13-14,17H,7-12H2,1-6H3. The molecule has 0 aromatic heterocycles. The van der Waals surface area contributed by atoms with Gasteiger partial charge in [-0.25, -0.2) is 4.79 Å². The SMILES string of the molecule is CC(CNCC1CCCN(C(=O)OC(C)(C)C)C1)N(C)C. The van der Waals surface area contributed by atoms with Crippen LogP contribution in [-0.4, -0.2) is 67.8 Å². The number of likely N-dealkylation sites (N-methyl/N-ethyl adjacent to an activating group) is 1. The molecule has 124 valence electrons. The van der Waals surface area contributed by atoms with Gasteiger partial charge in [-0.05, 0) is 67.1 Å². The van der Waals surface area contributed by atoms with Crippen molar-refractivity contribution in [1.29, 1.82) is 0 Å². The third kappa shape index (κ3) is 7.14. The highest BCUT2D eigenvalue weighted by Crippen LogP contribution is 2.18. The van der Waals surface area contributed by atoms with Gasteiger partial charge in [0.05, 0.1) is 0 Å². The first kappa shape index (κ1) is 18.2. The van der Waals surface area contributed by atoms with Crippen LogP contribution in [-0.2, 0) is 4.74 Å². The fourth-order valence-corrected chi connectivity index (χ4v) is 2.40. The topological polar surface area (TPSA) is 44.8 Å². The van der Waals surface area contributed by atoms with Gasteiger partial charge in [-0.15, -0.1) is 0 Å². The Kier molecular flexibility index (Phi) is 6.94. The van der Waals surface area contributed by atoms with Gasteiger partial charge in [0.15, 0.2) is 0 Å². The van der Waals surface area contributed by atoms with Crippen molar-refractivity contribution in [3.05, 3.63) is 0 Å². The molecule has 0 radical (unpaired) electrons. The molecule has 1 fully saturated rings. The van der Waals surface area contributed by atoms with Gasteiger partial charge in [-0.2, -0.15) is 0 Å². The van der Waals surface area contributed by atoms with Gasteiger partial charge in [-0.1, -0.05) is 0 Å². The molecule has 1 amide bonds. The van der Waals surface area contributed by atoms with E-state index in [2.05, 4.69) is 31.2 Å². The summed E-state index contributed by atoms with van der Waals surface area (Å²) < 4.78 is 5.46. The van der Waals surface area contributed by atoms with Gasteiger partial charge in [0.25, 0.3) is 0 Å². The first-order valence-corrected chi connectivity index (χ1v) is 8.04. The molecule has 1 heterocycles. The minimum atomic E-state index is -0.413. The lowest BCUT2D eigenvalue weighted by Crippen LogP contribution is -2.46. The lowest BCUT2D eigenvalue weighted by Gasteiger charge is -2.34. The van der Waals surface area contributed by atoms with Crippen molar-refractivity contribution in [2.45, 2.75) is 52.2 Å². The predicted octanol–water partition coefficient (Wildman–Crippen LogP) is 2.17. The maximum absolute atomic E-state index is 12.1. The second-order valence-corrected chi connectivity index (χ2v) is 7.41. The Morgan fingerprint density at radius 3 is 2.67 bits per heavy atom. The van der Waals surface area contributed by atoms with Crippen molar-refractivity contribution in [1.82, 2.24) is 15.1 Å². The van der Waals surface area contributed by atoms with Crippen LogP contribution < -0.4 is 5.32 Å².